The molecule has 16 nitrogen and oxygen atoms in total. The average Bonchev–Trinajstić information content (AvgIpc) is 2.06. The van der Waals surface area contributed by atoms with E-state index in [9.17, 15) is 33.2 Å². The second-order valence-corrected chi connectivity index (χ2v) is 20.9. The Morgan fingerprint density at radius 1 is 0.444 bits per heavy atom. The van der Waals surface area contributed by atoms with E-state index in [1.165, 1.54) is 0 Å². The summed E-state index contributed by atoms with van der Waals surface area (Å²) in [7, 11) is 10.6. The van der Waals surface area contributed by atoms with Gasteiger partial charge in [-0.05, 0) is 136 Å². The summed E-state index contributed by atoms with van der Waals surface area (Å²) in [5, 5.41) is 10.6. The van der Waals surface area contributed by atoms with E-state index >= 15 is 0 Å². The number of nitrogen functional groups attached to an aromatic ring is 1. The number of carbonyl (C=O) groups excluding carboxylic acids is 3. The van der Waals surface area contributed by atoms with E-state index in [0.29, 0.717) is 50.9 Å². The monoisotopic (exact) mass is 1200 g/mol. The first kappa shape index (κ1) is 62.7. The van der Waals surface area contributed by atoms with Crippen LogP contribution in [0.2, 0.25) is 0 Å². The number of pyridine rings is 3. The van der Waals surface area contributed by atoms with Crippen molar-refractivity contribution >= 4 is 84.7 Å². The van der Waals surface area contributed by atoms with Gasteiger partial charge in [-0.1, -0.05) is 109 Å². The largest absolute Gasteiger partial charge is 0.429 e. The molecule has 2 amide bonds. The topological polar surface area (TPSA) is 219 Å². The number of nitrogens with zero attached hydrogens (tertiary/aromatic N) is 3. The van der Waals surface area contributed by atoms with Gasteiger partial charge in [-0.15, -0.1) is 0 Å². The predicted molar refractivity (Wildman–Crippen MR) is 366 cm³/mol. The van der Waals surface area contributed by atoms with Gasteiger partial charge in [0.15, 0.2) is 0 Å². The predicted octanol–water partition coefficient (Wildman–Crippen LogP) is 13.7. The number of ether oxygens (including phenoxy) is 1. The van der Waals surface area contributed by atoms with Gasteiger partial charge in [0.2, 0.25) is 0 Å². The van der Waals surface area contributed by atoms with E-state index in [2.05, 4.69) is 30.3 Å². The summed E-state index contributed by atoms with van der Waals surface area (Å²) in [6, 6.07) is 67.7. The van der Waals surface area contributed by atoms with Crippen LogP contribution in [-0.2, 0) is 4.79 Å². The van der Waals surface area contributed by atoms with Crippen LogP contribution in [0.5, 0.6) is 5.75 Å². The molecule has 12 aromatic rings. The third-order valence-corrected chi connectivity index (χ3v) is 14.3. The summed E-state index contributed by atoms with van der Waals surface area (Å²) >= 11 is 0. The van der Waals surface area contributed by atoms with Crippen molar-refractivity contribution in [2.75, 3.05) is 80.5 Å². The van der Waals surface area contributed by atoms with Gasteiger partial charge < -0.3 is 50.8 Å². The standard InChI is InChI=1S/2C24H21N3O2.C15H12N2O.C9H11NO2.CH3F/c2*1-27(2)19-7-5-6-17(14-19)23(28)26-18-12-10-16(11-13-18)22-15-25-24(29)21-9-4-3-8-20(21)22;16-11-7-5-10(6-8-11)14-9-17-15(18)13-4-2-1-3-12(13)14;1-10(2)8-4-3-5-9(6-8)12-7-11;1-2/h2*3-15H,1-2H3,(H,25,29)(H,26,28);1-9H,16H2,(H,17,18);3-7H,1-2H3;1H3/i;;;;1D. The first-order valence-electron chi connectivity index (χ1n) is 29.0. The maximum absolute atomic E-state index is 12.6. The summed E-state index contributed by atoms with van der Waals surface area (Å²) in [5.41, 5.74) is 17.6. The minimum Gasteiger partial charge on any atom is -0.429 e. The maximum Gasteiger partial charge on any atom is 0.298 e. The summed E-state index contributed by atoms with van der Waals surface area (Å²) in [6.45, 7) is 0.425. The number of alkyl halides is 1. The lowest BCUT2D eigenvalue weighted by Gasteiger charge is -2.13. The van der Waals surface area contributed by atoms with Crippen LogP contribution in [0.25, 0.3) is 65.7 Å². The van der Waals surface area contributed by atoms with Gasteiger partial charge in [0.1, 0.15) is 5.75 Å². The number of nitrogens with one attached hydrogen (secondary N) is 5. The highest BCUT2D eigenvalue weighted by atomic mass is 19.1. The Morgan fingerprint density at radius 2 is 0.756 bits per heavy atom. The fourth-order valence-electron chi connectivity index (χ4n) is 9.62. The molecule has 12 rings (SSSR count). The number of aromatic nitrogens is 3. The van der Waals surface area contributed by atoms with Crippen LogP contribution in [0, 0.1) is 0 Å². The molecule has 0 fully saturated rings. The Kier molecular flexibility index (Phi) is 21.2. The van der Waals surface area contributed by atoms with Crippen molar-refractivity contribution in [1.82, 2.24) is 15.0 Å². The molecule has 0 saturated carbocycles. The van der Waals surface area contributed by atoms with Crippen molar-refractivity contribution in [2.45, 2.75) is 0 Å². The Morgan fingerprint density at radius 3 is 1.09 bits per heavy atom. The number of amides is 2. The lowest BCUT2D eigenvalue weighted by molar-refractivity contribution is -0.120. The van der Waals surface area contributed by atoms with Crippen LogP contribution >= 0.6 is 0 Å². The van der Waals surface area contributed by atoms with E-state index in [1.54, 1.807) is 42.9 Å². The van der Waals surface area contributed by atoms with Crippen molar-refractivity contribution in [3.63, 3.8) is 0 Å². The fraction of sp³-hybridized carbons (Fsp3) is 0.0959. The molecule has 454 valence electrons. The number of aromatic amines is 3. The second-order valence-electron chi connectivity index (χ2n) is 20.9. The number of carbonyl (C=O) groups is 3. The van der Waals surface area contributed by atoms with Gasteiger partial charge in [0.25, 0.3) is 35.0 Å². The molecule has 0 aliphatic heterocycles. The van der Waals surface area contributed by atoms with Crippen LogP contribution in [0.1, 0.15) is 22.1 Å². The minimum atomic E-state index is -1.00. The Balaban J connectivity index is 0.000000161. The second kappa shape index (κ2) is 30.5. The van der Waals surface area contributed by atoms with E-state index in [0.717, 1.165) is 72.3 Å². The highest BCUT2D eigenvalue weighted by Gasteiger charge is 2.13. The first-order chi connectivity index (χ1) is 44.0. The summed E-state index contributed by atoms with van der Waals surface area (Å²) in [4.78, 5) is 85.2. The molecule has 7 N–H and O–H groups in total. The number of H-pyrrole nitrogens is 3. The zero-order valence-electron chi connectivity index (χ0n) is 51.5. The van der Waals surface area contributed by atoms with Crippen molar-refractivity contribution in [2.24, 2.45) is 0 Å². The SMILES string of the molecule is CN(C)c1cccc(C(=O)Nc2ccc(-c3c[nH]c(=O)c4ccccc34)cc2)c1.CN(C)c1cccc(C(=O)Nc2ccc(-c3c[nH]c(=O)c4ccccc34)cc2)c1.CN(C)c1cccc(OC=O)c1.Nc1ccc(-c2c[nH]c(=O)c3ccccc23)cc1.[2H]CF. The highest BCUT2D eigenvalue weighted by Crippen LogP contribution is 2.31. The number of hydrogen-bond acceptors (Lipinski definition) is 11. The van der Waals surface area contributed by atoms with Crippen LogP contribution in [0.15, 0.2) is 251 Å². The molecule has 9 aromatic carbocycles. The normalized spacial score (nSPS) is 10.5. The number of halogens is 1. The fourth-order valence-corrected chi connectivity index (χ4v) is 9.62. The molecule has 0 radical (unpaired) electrons. The van der Waals surface area contributed by atoms with Crippen LogP contribution in [0.4, 0.5) is 38.5 Å². The van der Waals surface area contributed by atoms with Gasteiger partial charge in [0, 0.05) is 145 Å². The van der Waals surface area contributed by atoms with E-state index in [1.807, 2.05) is 251 Å². The molecule has 0 atom stereocenters. The molecule has 0 spiro atoms. The highest BCUT2D eigenvalue weighted by molar-refractivity contribution is 6.06. The van der Waals surface area contributed by atoms with Crippen LogP contribution in [0.3, 0.4) is 0 Å². The Bertz CT molecular complexity index is 4450. The first-order valence-corrected chi connectivity index (χ1v) is 28.2. The van der Waals surface area contributed by atoms with Gasteiger partial charge >= 0.3 is 0 Å². The molecule has 3 heterocycles. The molecule has 90 heavy (non-hydrogen) atoms. The van der Waals surface area contributed by atoms with Gasteiger partial charge in [-0.2, -0.15) is 0 Å². The molecule has 17 heteroatoms. The number of anilines is 6. The molecular weight excluding hydrogens is 1130 g/mol. The molecule has 0 unspecified atom stereocenters. The molecule has 3 aromatic heterocycles. The molecule has 0 aliphatic rings. The zero-order valence-corrected chi connectivity index (χ0v) is 50.5. The number of nitrogens with two attached hydrogens (primary N) is 1. The third kappa shape index (κ3) is 16.2. The van der Waals surface area contributed by atoms with Crippen LogP contribution < -0.4 is 52.5 Å². The Hall–Kier alpha value is -11.9. The molecule has 0 saturated heterocycles. The number of hydrogen-bond donors (Lipinski definition) is 6. The number of fused-ring (bicyclic) bond motifs is 3. The van der Waals surface area contributed by atoms with E-state index < -0.39 is 7.15 Å². The summed E-state index contributed by atoms with van der Waals surface area (Å²) in [5.74, 6) is 0.253. The number of rotatable bonds is 12. The minimum absolute atomic E-state index is 0.0650. The third-order valence-electron chi connectivity index (χ3n) is 14.3. The summed E-state index contributed by atoms with van der Waals surface area (Å²) in [6.07, 6.45) is 5.20. The molecular formula is C73H68FN9O7. The van der Waals surface area contributed by atoms with Crippen LogP contribution in [-0.4, -0.2) is 82.7 Å². The molecule has 0 bridgehead atoms. The van der Waals surface area contributed by atoms with Crippen molar-refractivity contribution < 1.29 is 24.9 Å². The lowest BCUT2D eigenvalue weighted by atomic mass is 10.0. The average molecular weight is 1200 g/mol. The zero-order chi connectivity index (χ0) is 65.0. The van der Waals surface area contributed by atoms with Crippen molar-refractivity contribution in [3.8, 4) is 39.1 Å². The smallest absolute Gasteiger partial charge is 0.298 e. The van der Waals surface area contributed by atoms with Gasteiger partial charge in [0.05, 0.1) is 8.52 Å². The van der Waals surface area contributed by atoms with E-state index in [-0.39, 0.29) is 28.5 Å². The van der Waals surface area contributed by atoms with E-state index in [4.69, 9.17) is 7.10 Å². The Labute approximate surface area is 521 Å². The summed E-state index contributed by atoms with van der Waals surface area (Å²) < 4.78 is 20.2. The van der Waals surface area contributed by atoms with Crippen molar-refractivity contribution in [1.29, 1.82) is 0 Å². The van der Waals surface area contributed by atoms with Crippen molar-refractivity contribution in [3.05, 3.63) is 279 Å². The van der Waals surface area contributed by atoms with Gasteiger partial charge in [-0.25, -0.2) is 0 Å². The lowest BCUT2D eigenvalue weighted by Crippen LogP contribution is -2.14. The van der Waals surface area contributed by atoms with Gasteiger partial charge in [-0.3, -0.25) is 33.2 Å². The quantitative estimate of drug-likeness (QED) is 0.0499. The number of benzene rings is 9. The molecule has 0 aliphatic carbocycles. The maximum atomic E-state index is 12.6.